The lowest BCUT2D eigenvalue weighted by Gasteiger charge is -2.19. The Balaban J connectivity index is 1.50. The first-order chi connectivity index (χ1) is 14.9. The molecule has 1 N–H and O–H groups in total. The van der Waals surface area contributed by atoms with Crippen LogP contribution in [-0.2, 0) is 25.5 Å². The molecule has 2 aromatic rings. The number of benzene rings is 2. The van der Waals surface area contributed by atoms with Gasteiger partial charge in [-0.2, -0.15) is 8.78 Å². The summed E-state index contributed by atoms with van der Waals surface area (Å²) in [5.74, 6) is -2.08. The third kappa shape index (κ3) is 5.78. The Labute approximate surface area is 177 Å². The number of aryl methyl sites for hydroxylation is 1. The lowest BCUT2D eigenvalue weighted by atomic mass is 10.1. The largest absolute Gasteiger partial charge is 0.455 e. The van der Waals surface area contributed by atoms with Gasteiger partial charge in [-0.05, 0) is 42.3 Å². The molecule has 1 atom stereocenters. The first kappa shape index (κ1) is 22.2. The number of hydrogen-bond acceptors (Lipinski definition) is 5. The molecule has 0 saturated carbocycles. The van der Waals surface area contributed by atoms with Gasteiger partial charge in [0.2, 0.25) is 5.91 Å². The second-order valence-electron chi connectivity index (χ2n) is 6.95. The summed E-state index contributed by atoms with van der Waals surface area (Å²) in [6, 6.07) is 12.8. The van der Waals surface area contributed by atoms with Gasteiger partial charge < -0.3 is 19.7 Å². The number of nitrogens with zero attached hydrogens (tertiary/aromatic N) is 1. The molecular formula is C22H22F2N2O5. The van der Waals surface area contributed by atoms with Gasteiger partial charge in [0.1, 0.15) is 5.75 Å². The molecule has 2 amide bonds. The summed E-state index contributed by atoms with van der Waals surface area (Å²) in [7, 11) is 0. The maximum Gasteiger partial charge on any atom is 0.387 e. The third-order valence-electron chi connectivity index (χ3n) is 4.83. The van der Waals surface area contributed by atoms with E-state index in [0.717, 1.165) is 17.7 Å². The van der Waals surface area contributed by atoms with E-state index >= 15 is 0 Å². The van der Waals surface area contributed by atoms with E-state index in [1.54, 1.807) is 4.90 Å². The highest BCUT2D eigenvalue weighted by atomic mass is 19.3. The first-order valence-corrected chi connectivity index (χ1v) is 9.77. The van der Waals surface area contributed by atoms with Crippen LogP contribution in [0.1, 0.15) is 18.9 Å². The first-order valence-electron chi connectivity index (χ1n) is 9.77. The van der Waals surface area contributed by atoms with Crippen LogP contribution in [0.25, 0.3) is 0 Å². The third-order valence-corrected chi connectivity index (χ3v) is 4.83. The number of rotatable bonds is 8. The van der Waals surface area contributed by atoms with Crippen LogP contribution >= 0.6 is 0 Å². The van der Waals surface area contributed by atoms with Gasteiger partial charge in [-0.15, -0.1) is 0 Å². The number of hydrogen-bond donors (Lipinski definition) is 1. The molecule has 3 rings (SSSR count). The highest BCUT2D eigenvalue weighted by molar-refractivity contribution is 6.00. The number of ether oxygens (including phenoxy) is 2. The van der Waals surface area contributed by atoms with Gasteiger partial charge in [0.15, 0.2) is 6.61 Å². The molecule has 0 spiro atoms. The average Bonchev–Trinajstić information content (AvgIpc) is 3.14. The normalized spacial score (nSPS) is 15.8. The molecule has 0 aromatic heterocycles. The second-order valence-corrected chi connectivity index (χ2v) is 6.95. The van der Waals surface area contributed by atoms with Crippen molar-refractivity contribution in [2.24, 2.45) is 5.92 Å². The van der Waals surface area contributed by atoms with E-state index in [9.17, 15) is 23.2 Å². The van der Waals surface area contributed by atoms with Crippen LogP contribution in [0.4, 0.5) is 20.2 Å². The number of halogens is 2. The van der Waals surface area contributed by atoms with Crippen molar-refractivity contribution in [1.82, 2.24) is 0 Å². The molecule has 0 radical (unpaired) electrons. The lowest BCUT2D eigenvalue weighted by Crippen LogP contribution is -2.28. The Morgan fingerprint density at radius 1 is 1.16 bits per heavy atom. The van der Waals surface area contributed by atoms with Crippen LogP contribution in [0.2, 0.25) is 0 Å². The van der Waals surface area contributed by atoms with E-state index in [1.165, 1.54) is 24.3 Å². The topological polar surface area (TPSA) is 84.9 Å². The summed E-state index contributed by atoms with van der Waals surface area (Å²) in [4.78, 5) is 38.4. The van der Waals surface area contributed by atoms with Crippen LogP contribution in [0.3, 0.4) is 0 Å². The molecule has 164 valence electrons. The maximum absolute atomic E-state index is 12.4. The molecule has 7 nitrogen and oxygen atoms in total. The van der Waals surface area contributed by atoms with Crippen LogP contribution in [0, 0.1) is 5.92 Å². The van der Waals surface area contributed by atoms with Crippen molar-refractivity contribution >= 4 is 29.2 Å². The minimum absolute atomic E-state index is 0.0180. The van der Waals surface area contributed by atoms with Gasteiger partial charge in [0.25, 0.3) is 5.91 Å². The van der Waals surface area contributed by atoms with Gasteiger partial charge >= 0.3 is 12.6 Å². The molecule has 2 aromatic carbocycles. The van der Waals surface area contributed by atoms with E-state index in [4.69, 9.17) is 4.74 Å². The summed E-state index contributed by atoms with van der Waals surface area (Å²) < 4.78 is 33.6. The SMILES string of the molecule is CCc1ccccc1N1C[C@H](C(=O)OCC(=O)Nc2ccc(OC(F)F)cc2)CC1=O. The molecular weight excluding hydrogens is 410 g/mol. The van der Waals surface area contributed by atoms with Crippen molar-refractivity contribution in [3.05, 3.63) is 54.1 Å². The van der Waals surface area contributed by atoms with E-state index < -0.39 is 31.0 Å². The van der Waals surface area contributed by atoms with Crippen molar-refractivity contribution in [3.63, 3.8) is 0 Å². The molecule has 1 heterocycles. The zero-order valence-corrected chi connectivity index (χ0v) is 16.8. The Morgan fingerprint density at radius 2 is 1.87 bits per heavy atom. The molecule has 1 fully saturated rings. The van der Waals surface area contributed by atoms with E-state index in [2.05, 4.69) is 10.1 Å². The molecule has 1 saturated heterocycles. The zero-order valence-electron chi connectivity index (χ0n) is 16.8. The fraction of sp³-hybridized carbons (Fsp3) is 0.318. The van der Waals surface area contributed by atoms with E-state index in [1.807, 2.05) is 31.2 Å². The van der Waals surface area contributed by atoms with Gasteiger partial charge in [0.05, 0.1) is 5.92 Å². The van der Waals surface area contributed by atoms with Crippen molar-refractivity contribution in [1.29, 1.82) is 0 Å². The monoisotopic (exact) mass is 432 g/mol. The van der Waals surface area contributed by atoms with Gasteiger partial charge in [-0.1, -0.05) is 25.1 Å². The number of carbonyl (C=O) groups excluding carboxylic acids is 3. The van der Waals surface area contributed by atoms with Gasteiger partial charge in [-0.25, -0.2) is 0 Å². The summed E-state index contributed by atoms with van der Waals surface area (Å²) in [6.45, 7) is -1.27. The smallest absolute Gasteiger partial charge is 0.387 e. The molecule has 1 aliphatic rings. The minimum atomic E-state index is -2.94. The van der Waals surface area contributed by atoms with E-state index in [0.29, 0.717) is 5.69 Å². The Morgan fingerprint density at radius 3 is 2.55 bits per heavy atom. The van der Waals surface area contributed by atoms with Crippen LogP contribution in [0.5, 0.6) is 5.75 Å². The predicted octanol–water partition coefficient (Wildman–Crippen LogP) is 3.39. The van der Waals surface area contributed by atoms with Crippen LogP contribution in [-0.4, -0.2) is 37.5 Å². The summed E-state index contributed by atoms with van der Waals surface area (Å²) >= 11 is 0. The number of amides is 2. The highest BCUT2D eigenvalue weighted by Gasteiger charge is 2.37. The van der Waals surface area contributed by atoms with Gasteiger partial charge in [-0.3, -0.25) is 14.4 Å². The standard InChI is InChI=1S/C22H22F2N2O5/c1-2-14-5-3-4-6-18(14)26-12-15(11-20(26)28)21(29)30-13-19(27)25-16-7-9-17(10-8-16)31-22(23)24/h3-10,15,22H,2,11-13H2,1H3,(H,25,27)/t15-/m1/s1. The molecule has 0 unspecified atom stereocenters. The van der Waals surface area contributed by atoms with Crippen molar-refractivity contribution in [3.8, 4) is 5.75 Å². The minimum Gasteiger partial charge on any atom is -0.455 e. The number of para-hydroxylation sites is 1. The molecule has 9 heteroatoms. The number of alkyl halides is 2. The van der Waals surface area contributed by atoms with E-state index in [-0.39, 0.29) is 24.6 Å². The molecule has 31 heavy (non-hydrogen) atoms. The fourth-order valence-corrected chi connectivity index (χ4v) is 3.34. The Bertz CT molecular complexity index is 949. The summed E-state index contributed by atoms with van der Waals surface area (Å²) in [5, 5.41) is 2.49. The van der Waals surface area contributed by atoms with Crippen molar-refractivity contribution in [2.45, 2.75) is 26.4 Å². The number of carbonyl (C=O) groups is 3. The van der Waals surface area contributed by atoms with Crippen molar-refractivity contribution in [2.75, 3.05) is 23.4 Å². The predicted molar refractivity (Wildman–Crippen MR) is 109 cm³/mol. The zero-order chi connectivity index (χ0) is 22.4. The van der Waals surface area contributed by atoms with Crippen LogP contribution in [0.15, 0.2) is 48.5 Å². The average molecular weight is 432 g/mol. The number of esters is 1. The number of anilines is 2. The Kier molecular flexibility index (Phi) is 7.17. The molecule has 0 bridgehead atoms. The number of nitrogens with one attached hydrogen (secondary N) is 1. The summed E-state index contributed by atoms with van der Waals surface area (Å²) in [6.07, 6.45) is 0.772. The quantitative estimate of drug-likeness (QED) is 0.647. The summed E-state index contributed by atoms with van der Waals surface area (Å²) in [5.41, 5.74) is 2.12. The maximum atomic E-state index is 12.4. The second kappa shape index (κ2) is 10.0. The molecule has 0 aliphatic carbocycles. The fourth-order valence-electron chi connectivity index (χ4n) is 3.34. The van der Waals surface area contributed by atoms with Crippen LogP contribution < -0.4 is 15.0 Å². The Hall–Kier alpha value is -3.49. The van der Waals surface area contributed by atoms with Crippen molar-refractivity contribution < 1.29 is 32.6 Å². The van der Waals surface area contributed by atoms with Gasteiger partial charge in [0, 0.05) is 24.3 Å². The molecule has 1 aliphatic heterocycles. The highest BCUT2D eigenvalue weighted by Crippen LogP contribution is 2.29. The lowest BCUT2D eigenvalue weighted by molar-refractivity contribution is -0.151.